The summed E-state index contributed by atoms with van der Waals surface area (Å²) in [4.78, 5) is 59.4. The second-order valence-corrected chi connectivity index (χ2v) is 13.2. The predicted molar refractivity (Wildman–Crippen MR) is 185 cm³/mol. The Kier molecular flexibility index (Phi) is 12.1. The molecule has 0 aromatic heterocycles. The normalized spacial score (nSPS) is 24.9. The predicted octanol–water partition coefficient (Wildman–Crippen LogP) is 4.67. The number of benzene rings is 2. The van der Waals surface area contributed by atoms with E-state index in [9.17, 15) is 24.3 Å². The number of carbonyl (C=O) groups is 4. The number of unbranched alkanes of at least 4 members (excludes halogenated alkanes) is 2. The summed E-state index contributed by atoms with van der Waals surface area (Å²) < 4.78 is 12.2. The summed E-state index contributed by atoms with van der Waals surface area (Å²) in [5.74, 6) is -3.28. The van der Waals surface area contributed by atoms with Crippen LogP contribution in [0.15, 0.2) is 86.0 Å². The Bertz CT molecular complexity index is 1480. The number of fused-ring (bicyclic) bond motifs is 1. The molecule has 3 saturated heterocycles. The van der Waals surface area contributed by atoms with E-state index in [-0.39, 0.29) is 24.8 Å². The fourth-order valence-electron chi connectivity index (χ4n) is 7.85. The number of nitrogens with one attached hydrogen (secondary N) is 1. The van der Waals surface area contributed by atoms with Crippen LogP contribution in [0.25, 0.3) is 0 Å². The molecule has 7 atom stereocenters. The van der Waals surface area contributed by atoms with Crippen LogP contribution in [0.3, 0.4) is 0 Å². The zero-order valence-corrected chi connectivity index (χ0v) is 28.4. The van der Waals surface area contributed by atoms with Crippen molar-refractivity contribution < 1.29 is 33.8 Å². The van der Waals surface area contributed by atoms with Crippen molar-refractivity contribution in [3.8, 4) is 0 Å². The topological polar surface area (TPSA) is 125 Å². The van der Waals surface area contributed by atoms with E-state index in [4.69, 9.17) is 9.47 Å². The summed E-state index contributed by atoms with van der Waals surface area (Å²) in [5, 5.41) is 13.8. The van der Waals surface area contributed by atoms with Crippen LogP contribution >= 0.6 is 0 Å². The van der Waals surface area contributed by atoms with E-state index in [2.05, 4.69) is 25.4 Å². The Morgan fingerprint density at radius 3 is 2.41 bits per heavy atom. The van der Waals surface area contributed by atoms with E-state index >= 15 is 0 Å². The number of aliphatic hydroxyl groups excluding tert-OH is 1. The highest BCUT2D eigenvalue weighted by molar-refractivity contribution is 5.99. The van der Waals surface area contributed by atoms with Gasteiger partial charge in [-0.15, -0.1) is 13.2 Å². The smallest absolute Gasteiger partial charge is 0.306 e. The van der Waals surface area contributed by atoms with E-state index in [1.165, 1.54) is 4.90 Å². The Hall–Kier alpha value is -4.28. The highest BCUT2D eigenvalue weighted by Gasteiger charge is 2.75. The lowest BCUT2D eigenvalue weighted by atomic mass is 9.70. The summed E-state index contributed by atoms with van der Waals surface area (Å²) in [6.45, 7) is 9.92. The van der Waals surface area contributed by atoms with Crippen molar-refractivity contribution in [2.45, 2.75) is 81.7 Å². The molecule has 2 N–H and O–H groups in total. The molecule has 3 fully saturated rings. The summed E-state index contributed by atoms with van der Waals surface area (Å²) in [6.07, 6.45) is 7.05. The molecule has 2 aromatic rings. The Morgan fingerprint density at radius 1 is 1.08 bits per heavy atom. The monoisotopic (exact) mass is 671 g/mol. The van der Waals surface area contributed by atoms with Gasteiger partial charge in [-0.05, 0) is 36.8 Å². The summed E-state index contributed by atoms with van der Waals surface area (Å²) in [7, 11) is 0. The second kappa shape index (κ2) is 16.4. The number of ether oxygens (including phenoxy) is 2. The van der Waals surface area contributed by atoms with E-state index in [0.717, 1.165) is 24.8 Å². The van der Waals surface area contributed by atoms with Crippen LogP contribution in [0.5, 0.6) is 0 Å². The van der Waals surface area contributed by atoms with Crippen LogP contribution in [-0.2, 0) is 28.7 Å². The quantitative estimate of drug-likeness (QED) is 0.134. The zero-order chi connectivity index (χ0) is 35.0. The number of hydrogen-bond acceptors (Lipinski definition) is 7. The summed E-state index contributed by atoms with van der Waals surface area (Å²) in [6, 6.07) is 15.9. The van der Waals surface area contributed by atoms with E-state index < -0.39 is 60.1 Å². The van der Waals surface area contributed by atoms with Crippen LogP contribution in [0.2, 0.25) is 0 Å². The van der Waals surface area contributed by atoms with Gasteiger partial charge in [0, 0.05) is 19.5 Å². The maximum Gasteiger partial charge on any atom is 0.306 e. The fraction of sp³-hybridized carbons (Fsp3) is 0.487. The molecule has 3 aliphatic heterocycles. The maximum atomic E-state index is 14.8. The fourth-order valence-corrected chi connectivity index (χ4v) is 7.85. The number of aliphatic hydroxyl groups is 1. The van der Waals surface area contributed by atoms with Gasteiger partial charge in [0.05, 0.1) is 36.6 Å². The van der Waals surface area contributed by atoms with Crippen LogP contribution in [-0.4, -0.2) is 82.6 Å². The third-order valence-corrected chi connectivity index (χ3v) is 10.1. The Labute approximate surface area is 289 Å². The number of amides is 3. The lowest BCUT2D eigenvalue weighted by Gasteiger charge is -2.39. The summed E-state index contributed by atoms with van der Waals surface area (Å²) in [5.41, 5.74) is 0.189. The minimum atomic E-state index is -1.24. The van der Waals surface area contributed by atoms with Gasteiger partial charge in [-0.2, -0.15) is 0 Å². The van der Waals surface area contributed by atoms with Gasteiger partial charge < -0.3 is 29.7 Å². The third kappa shape index (κ3) is 7.35. The molecule has 3 amide bonds. The lowest BCUT2D eigenvalue weighted by Crippen LogP contribution is -2.57. The first-order chi connectivity index (χ1) is 23.8. The first-order valence-electron chi connectivity index (χ1n) is 17.5. The van der Waals surface area contributed by atoms with Crippen LogP contribution in [0.1, 0.15) is 75.1 Å². The molecule has 5 rings (SSSR count). The number of esters is 1. The van der Waals surface area contributed by atoms with Gasteiger partial charge in [-0.1, -0.05) is 92.6 Å². The number of allylic oxidation sites excluding steroid dienone is 1. The molecule has 0 unspecified atom stereocenters. The molecule has 1 spiro atoms. The molecule has 49 heavy (non-hydrogen) atoms. The Morgan fingerprint density at radius 2 is 1.78 bits per heavy atom. The van der Waals surface area contributed by atoms with Crippen LogP contribution in [0, 0.1) is 11.8 Å². The molecular weight excluding hydrogens is 622 g/mol. The van der Waals surface area contributed by atoms with E-state index in [1.54, 1.807) is 17.1 Å². The average Bonchev–Trinajstić information content (AvgIpc) is 3.77. The van der Waals surface area contributed by atoms with Gasteiger partial charge in [0.2, 0.25) is 17.7 Å². The van der Waals surface area contributed by atoms with Crippen molar-refractivity contribution in [3.05, 3.63) is 97.1 Å². The molecule has 0 radical (unpaired) electrons. The van der Waals surface area contributed by atoms with Crippen molar-refractivity contribution in [1.29, 1.82) is 0 Å². The molecule has 10 nitrogen and oxygen atoms in total. The van der Waals surface area contributed by atoms with Gasteiger partial charge in [0.15, 0.2) is 0 Å². The van der Waals surface area contributed by atoms with Crippen molar-refractivity contribution in [2.24, 2.45) is 11.8 Å². The molecule has 2 aromatic carbocycles. The largest absolute Gasteiger partial charge is 0.463 e. The number of carbonyl (C=O) groups excluding carboxylic acids is 4. The lowest BCUT2D eigenvalue weighted by molar-refractivity contribution is -0.151. The minimum absolute atomic E-state index is 0.0875. The first-order valence-corrected chi connectivity index (χ1v) is 17.5. The number of hydrogen-bond donors (Lipinski definition) is 2. The average molecular weight is 672 g/mol. The molecule has 2 bridgehead atoms. The van der Waals surface area contributed by atoms with Crippen LogP contribution in [0.4, 0.5) is 0 Å². The molecule has 3 aliphatic rings. The van der Waals surface area contributed by atoms with Gasteiger partial charge in [-0.25, -0.2) is 0 Å². The van der Waals surface area contributed by atoms with Gasteiger partial charge in [0.1, 0.15) is 18.2 Å². The molecule has 10 heteroatoms. The Balaban J connectivity index is 1.49. The van der Waals surface area contributed by atoms with E-state index in [0.29, 0.717) is 37.9 Å². The minimum Gasteiger partial charge on any atom is -0.463 e. The van der Waals surface area contributed by atoms with Crippen molar-refractivity contribution >= 4 is 23.7 Å². The van der Waals surface area contributed by atoms with Crippen molar-refractivity contribution in [2.75, 3.05) is 26.3 Å². The van der Waals surface area contributed by atoms with Gasteiger partial charge in [0.25, 0.3) is 0 Å². The summed E-state index contributed by atoms with van der Waals surface area (Å²) >= 11 is 0. The van der Waals surface area contributed by atoms with Crippen molar-refractivity contribution in [1.82, 2.24) is 15.1 Å². The number of likely N-dealkylation sites (tertiary alicyclic amines) is 1. The zero-order valence-electron chi connectivity index (χ0n) is 28.4. The van der Waals surface area contributed by atoms with Gasteiger partial charge in [-0.3, -0.25) is 19.2 Å². The maximum absolute atomic E-state index is 14.8. The molecule has 3 heterocycles. The second-order valence-electron chi connectivity index (χ2n) is 13.2. The van der Waals surface area contributed by atoms with E-state index in [1.807, 2.05) is 60.7 Å². The van der Waals surface area contributed by atoms with Gasteiger partial charge >= 0.3 is 5.97 Å². The van der Waals surface area contributed by atoms with Crippen molar-refractivity contribution in [3.63, 3.8) is 0 Å². The standard InChI is InChI=1S/C39H49N3O7/c1-4-7-15-24-41(23-6-3)38(47)35-39-22-21-31(49-39)33(34(39)37(46)42(35)30(25-43)28-18-13-10-14-19-28)36(45)40-29(27-16-11-9-12-17-27)26-48-32(44)20-8-5-2/h5-6,9-14,16-19,29-31,33-35,43H,2-4,7-8,15,20-26H2,1H3,(H,40,45)/t29-,30-,31+,33-,34-,35+,39-/m1/s1. The highest BCUT2D eigenvalue weighted by Crippen LogP contribution is 2.60. The molecule has 0 saturated carbocycles. The number of nitrogens with zero attached hydrogens (tertiary/aromatic N) is 2. The molecular formula is C39H49N3O7. The molecule has 0 aliphatic carbocycles. The molecule has 262 valence electrons. The number of rotatable bonds is 18. The first kappa shape index (κ1) is 36.0. The van der Waals surface area contributed by atoms with Crippen LogP contribution < -0.4 is 5.32 Å². The third-order valence-electron chi connectivity index (χ3n) is 10.1. The SMILES string of the molecule is C=CCCC(=O)OC[C@@H](NC(=O)[C@@H]1[C@@H]2CC[C@]3(O2)[C@H](C(=O)N(CC=C)CCCCC)N([C@H](CO)c2ccccc2)C(=O)[C@@H]13)c1ccccc1. The highest BCUT2D eigenvalue weighted by atomic mass is 16.5.